The molecule has 0 radical (unpaired) electrons. The number of hydrogen-bond donors (Lipinski definition) is 2. The molecule has 0 bridgehead atoms. The van der Waals surface area contributed by atoms with Crippen molar-refractivity contribution in [3.63, 3.8) is 0 Å². The van der Waals surface area contributed by atoms with Gasteiger partial charge in [0.2, 0.25) is 10.0 Å². The summed E-state index contributed by atoms with van der Waals surface area (Å²) in [5, 5.41) is 3.19. The van der Waals surface area contributed by atoms with Crippen molar-refractivity contribution in [1.29, 1.82) is 0 Å². The topological polar surface area (TPSA) is 71.1 Å². The molecule has 0 unspecified atom stereocenters. The summed E-state index contributed by atoms with van der Waals surface area (Å²) in [6.07, 6.45) is 4.25. The van der Waals surface area contributed by atoms with E-state index in [2.05, 4.69) is 21.1 Å². The number of hydrogen-bond acceptors (Lipinski definition) is 4. The molecule has 0 aliphatic heterocycles. The molecule has 0 amide bonds. The molecule has 0 spiro atoms. The number of aromatic nitrogens is 1. The van der Waals surface area contributed by atoms with Gasteiger partial charge in [-0.1, -0.05) is 6.07 Å². The number of nitrogens with one attached hydrogen (secondary N) is 2. The maximum absolute atomic E-state index is 11.4. The highest BCUT2D eigenvalue weighted by Crippen LogP contribution is 2.26. The van der Waals surface area contributed by atoms with Gasteiger partial charge in [-0.05, 0) is 43.2 Å². The first-order chi connectivity index (χ1) is 9.33. The van der Waals surface area contributed by atoms with Crippen LogP contribution in [0.1, 0.15) is 11.1 Å². The van der Waals surface area contributed by atoms with E-state index in [0.29, 0.717) is 11.4 Å². The first-order valence-electron chi connectivity index (χ1n) is 6.10. The van der Waals surface area contributed by atoms with Gasteiger partial charge >= 0.3 is 0 Å². The lowest BCUT2D eigenvalue weighted by molar-refractivity contribution is 0.607. The second-order valence-corrected chi connectivity index (χ2v) is 6.55. The van der Waals surface area contributed by atoms with Crippen LogP contribution < -0.4 is 10.0 Å². The van der Waals surface area contributed by atoms with E-state index >= 15 is 0 Å². The van der Waals surface area contributed by atoms with Crippen molar-refractivity contribution in [2.75, 3.05) is 16.3 Å². The minimum absolute atomic E-state index is 0.474. The highest BCUT2D eigenvalue weighted by molar-refractivity contribution is 7.92. The SMILES string of the molecule is Cc1cc(C)cc(Nc2cnccc2NS(C)(=O)=O)c1. The predicted octanol–water partition coefficient (Wildman–Crippen LogP) is 2.81. The molecule has 1 heterocycles. The van der Waals surface area contributed by atoms with Crippen LogP contribution in [0.5, 0.6) is 0 Å². The van der Waals surface area contributed by atoms with E-state index in [4.69, 9.17) is 0 Å². The molecule has 1 aromatic carbocycles. The van der Waals surface area contributed by atoms with Crippen molar-refractivity contribution in [1.82, 2.24) is 4.98 Å². The summed E-state index contributed by atoms with van der Waals surface area (Å²) >= 11 is 0. The number of aryl methyl sites for hydroxylation is 2. The fourth-order valence-electron chi connectivity index (χ4n) is 1.99. The zero-order chi connectivity index (χ0) is 14.8. The molecule has 0 aliphatic rings. The number of sulfonamides is 1. The van der Waals surface area contributed by atoms with Gasteiger partial charge in [0.15, 0.2) is 0 Å². The molecule has 0 atom stereocenters. The average molecular weight is 291 g/mol. The molecule has 2 rings (SSSR count). The van der Waals surface area contributed by atoms with Crippen molar-refractivity contribution < 1.29 is 8.42 Å². The first kappa shape index (κ1) is 14.3. The lowest BCUT2D eigenvalue weighted by Crippen LogP contribution is -2.11. The van der Waals surface area contributed by atoms with Gasteiger partial charge in [0.05, 0.1) is 23.8 Å². The third kappa shape index (κ3) is 3.96. The Labute approximate surface area is 119 Å². The third-order valence-electron chi connectivity index (χ3n) is 2.62. The van der Waals surface area contributed by atoms with E-state index in [-0.39, 0.29) is 0 Å². The smallest absolute Gasteiger partial charge is 0.229 e. The average Bonchev–Trinajstić information content (AvgIpc) is 2.28. The van der Waals surface area contributed by atoms with Gasteiger partial charge in [0, 0.05) is 11.9 Å². The van der Waals surface area contributed by atoms with Crippen LogP contribution >= 0.6 is 0 Å². The molecule has 0 fully saturated rings. The minimum atomic E-state index is -3.33. The molecule has 2 aromatic rings. The monoisotopic (exact) mass is 291 g/mol. The van der Waals surface area contributed by atoms with Crippen LogP contribution in [0.3, 0.4) is 0 Å². The Kier molecular flexibility index (Phi) is 3.94. The van der Waals surface area contributed by atoms with Crippen LogP contribution in [-0.4, -0.2) is 19.7 Å². The Balaban J connectivity index is 2.34. The normalized spacial score (nSPS) is 11.2. The number of rotatable bonds is 4. The lowest BCUT2D eigenvalue weighted by atomic mass is 10.1. The second-order valence-electron chi connectivity index (χ2n) is 4.80. The van der Waals surface area contributed by atoms with Gasteiger partial charge in [-0.25, -0.2) is 8.42 Å². The van der Waals surface area contributed by atoms with E-state index in [9.17, 15) is 8.42 Å². The highest BCUT2D eigenvalue weighted by Gasteiger charge is 2.08. The van der Waals surface area contributed by atoms with Gasteiger partial charge in [-0.2, -0.15) is 0 Å². The molecule has 2 N–H and O–H groups in total. The molecular weight excluding hydrogens is 274 g/mol. The lowest BCUT2D eigenvalue weighted by Gasteiger charge is -2.13. The molecule has 5 nitrogen and oxygen atoms in total. The van der Waals surface area contributed by atoms with Crippen LogP contribution in [0.4, 0.5) is 17.1 Å². The molecule has 0 aliphatic carbocycles. The Morgan fingerprint density at radius 2 is 1.70 bits per heavy atom. The Hall–Kier alpha value is -2.08. The van der Waals surface area contributed by atoms with E-state index in [1.165, 1.54) is 0 Å². The third-order valence-corrected chi connectivity index (χ3v) is 3.21. The van der Waals surface area contributed by atoms with Gasteiger partial charge in [-0.15, -0.1) is 0 Å². The van der Waals surface area contributed by atoms with Gasteiger partial charge in [-0.3, -0.25) is 9.71 Å². The largest absolute Gasteiger partial charge is 0.353 e. The van der Waals surface area contributed by atoms with Crippen LogP contribution in [0.2, 0.25) is 0 Å². The first-order valence-corrected chi connectivity index (χ1v) is 8.00. The van der Waals surface area contributed by atoms with Gasteiger partial charge < -0.3 is 5.32 Å². The van der Waals surface area contributed by atoms with E-state index in [1.54, 1.807) is 18.5 Å². The number of nitrogens with zero attached hydrogens (tertiary/aromatic N) is 1. The molecule has 6 heteroatoms. The molecular formula is C14H17N3O2S. The van der Waals surface area contributed by atoms with E-state index in [1.807, 2.05) is 26.0 Å². The second kappa shape index (κ2) is 5.50. The summed E-state index contributed by atoms with van der Waals surface area (Å²) < 4.78 is 25.2. The van der Waals surface area contributed by atoms with Crippen molar-refractivity contribution in [3.05, 3.63) is 47.8 Å². The Bertz CT molecular complexity index is 707. The van der Waals surface area contributed by atoms with Crippen molar-refractivity contribution in [3.8, 4) is 0 Å². The van der Waals surface area contributed by atoms with Crippen molar-refractivity contribution in [2.24, 2.45) is 0 Å². The number of benzene rings is 1. The predicted molar refractivity (Wildman–Crippen MR) is 81.9 cm³/mol. The zero-order valence-electron chi connectivity index (χ0n) is 11.6. The highest BCUT2D eigenvalue weighted by atomic mass is 32.2. The standard InChI is InChI=1S/C14H17N3O2S/c1-10-6-11(2)8-12(7-10)16-14-9-15-5-4-13(14)17-20(3,18)19/h4-9,16H,1-3H3,(H,15,17). The summed E-state index contributed by atoms with van der Waals surface area (Å²) in [5.74, 6) is 0. The maximum atomic E-state index is 11.4. The van der Waals surface area contributed by atoms with Crippen molar-refractivity contribution in [2.45, 2.75) is 13.8 Å². The fourth-order valence-corrected chi connectivity index (χ4v) is 2.56. The fraction of sp³-hybridized carbons (Fsp3) is 0.214. The van der Waals surface area contributed by atoms with Crippen LogP contribution in [-0.2, 0) is 10.0 Å². The summed E-state index contributed by atoms with van der Waals surface area (Å²) in [7, 11) is -3.33. The summed E-state index contributed by atoms with van der Waals surface area (Å²) in [5.41, 5.74) is 4.25. The quantitative estimate of drug-likeness (QED) is 0.908. The van der Waals surface area contributed by atoms with E-state index in [0.717, 1.165) is 23.1 Å². The molecule has 20 heavy (non-hydrogen) atoms. The van der Waals surface area contributed by atoms with Crippen LogP contribution in [0.15, 0.2) is 36.7 Å². The number of anilines is 3. The molecule has 106 valence electrons. The molecule has 0 saturated carbocycles. The summed E-state index contributed by atoms with van der Waals surface area (Å²) in [6, 6.07) is 7.67. The minimum Gasteiger partial charge on any atom is -0.353 e. The van der Waals surface area contributed by atoms with Crippen LogP contribution in [0, 0.1) is 13.8 Å². The molecule has 1 aromatic heterocycles. The number of pyridine rings is 1. The van der Waals surface area contributed by atoms with E-state index < -0.39 is 10.0 Å². The zero-order valence-corrected chi connectivity index (χ0v) is 12.5. The maximum Gasteiger partial charge on any atom is 0.229 e. The Morgan fingerprint density at radius 3 is 2.30 bits per heavy atom. The van der Waals surface area contributed by atoms with Gasteiger partial charge in [0.1, 0.15) is 0 Å². The van der Waals surface area contributed by atoms with Crippen LogP contribution in [0.25, 0.3) is 0 Å². The van der Waals surface area contributed by atoms with Crippen molar-refractivity contribution >= 4 is 27.1 Å². The van der Waals surface area contributed by atoms with Gasteiger partial charge in [0.25, 0.3) is 0 Å². The molecule has 0 saturated heterocycles. The summed E-state index contributed by atoms with van der Waals surface area (Å²) in [4.78, 5) is 4.02. The summed E-state index contributed by atoms with van der Waals surface area (Å²) in [6.45, 7) is 4.02. The Morgan fingerprint density at radius 1 is 1.05 bits per heavy atom.